The molecule has 1 saturated carbocycles. The molecule has 0 amide bonds. The Hall–Kier alpha value is -1.80. The van der Waals surface area contributed by atoms with Gasteiger partial charge in [-0.3, -0.25) is 0 Å². The molecule has 0 radical (unpaired) electrons. The molecule has 0 aromatic heterocycles. The predicted octanol–water partition coefficient (Wildman–Crippen LogP) is 4.38. The van der Waals surface area contributed by atoms with E-state index in [1.54, 1.807) is 0 Å². The maximum atomic E-state index is 6.55. The van der Waals surface area contributed by atoms with Crippen molar-refractivity contribution >= 4 is 0 Å². The van der Waals surface area contributed by atoms with Crippen LogP contribution in [0.25, 0.3) is 0 Å². The van der Waals surface area contributed by atoms with Gasteiger partial charge in [0.15, 0.2) is 0 Å². The van der Waals surface area contributed by atoms with Gasteiger partial charge in [-0.05, 0) is 36.1 Å². The molecule has 0 heterocycles. The summed E-state index contributed by atoms with van der Waals surface area (Å²) in [6.45, 7) is 0.605. The lowest BCUT2D eigenvalue weighted by Crippen LogP contribution is -2.38. The minimum atomic E-state index is -0.129. The Labute approximate surface area is 126 Å². The molecule has 1 fully saturated rings. The number of nitrogens with two attached hydrogens (primary N) is 1. The van der Waals surface area contributed by atoms with Gasteiger partial charge in [-0.25, -0.2) is 0 Å². The van der Waals surface area contributed by atoms with Crippen LogP contribution in [0.5, 0.6) is 5.75 Å². The van der Waals surface area contributed by atoms with E-state index in [-0.39, 0.29) is 5.54 Å². The normalized spacial score (nSPS) is 17.4. The average Bonchev–Trinajstić information content (AvgIpc) is 2.55. The summed E-state index contributed by atoms with van der Waals surface area (Å²) in [6, 6.07) is 18.6. The molecular formula is C19H23NO. The predicted molar refractivity (Wildman–Crippen MR) is 86.2 cm³/mol. The van der Waals surface area contributed by atoms with E-state index in [1.165, 1.54) is 30.4 Å². The van der Waals surface area contributed by atoms with Crippen molar-refractivity contribution in [1.82, 2.24) is 0 Å². The van der Waals surface area contributed by atoms with Crippen LogP contribution in [0.3, 0.4) is 0 Å². The smallest absolute Gasteiger partial charge is 0.119 e. The summed E-state index contributed by atoms with van der Waals surface area (Å²) in [4.78, 5) is 0. The third-order valence-corrected chi connectivity index (χ3v) is 4.42. The van der Waals surface area contributed by atoms with Gasteiger partial charge in [-0.1, -0.05) is 61.7 Å². The van der Waals surface area contributed by atoms with Crippen molar-refractivity contribution in [3.05, 3.63) is 65.7 Å². The van der Waals surface area contributed by atoms with Crippen LogP contribution in [0.4, 0.5) is 0 Å². The van der Waals surface area contributed by atoms with E-state index >= 15 is 0 Å². The van der Waals surface area contributed by atoms with E-state index in [4.69, 9.17) is 10.5 Å². The molecule has 110 valence electrons. The van der Waals surface area contributed by atoms with Gasteiger partial charge in [0, 0.05) is 5.54 Å². The topological polar surface area (TPSA) is 35.2 Å². The molecule has 0 bridgehead atoms. The summed E-state index contributed by atoms with van der Waals surface area (Å²) in [5.74, 6) is 0.905. The molecule has 0 spiro atoms. The van der Waals surface area contributed by atoms with Crippen molar-refractivity contribution in [1.29, 1.82) is 0 Å². The van der Waals surface area contributed by atoms with Crippen LogP contribution in [-0.2, 0) is 12.1 Å². The van der Waals surface area contributed by atoms with E-state index in [1.807, 2.05) is 30.3 Å². The maximum absolute atomic E-state index is 6.55. The van der Waals surface area contributed by atoms with Crippen LogP contribution in [0.15, 0.2) is 54.6 Å². The highest BCUT2D eigenvalue weighted by Gasteiger charge is 2.29. The summed E-state index contributed by atoms with van der Waals surface area (Å²) in [5.41, 5.74) is 8.85. The lowest BCUT2D eigenvalue weighted by molar-refractivity contribution is 0.297. The van der Waals surface area contributed by atoms with Crippen molar-refractivity contribution in [3.8, 4) is 5.75 Å². The summed E-state index contributed by atoms with van der Waals surface area (Å²) >= 11 is 0. The van der Waals surface area contributed by atoms with Crippen LogP contribution in [0, 0.1) is 0 Å². The fraction of sp³-hybridized carbons (Fsp3) is 0.368. The van der Waals surface area contributed by atoms with Crippen LogP contribution >= 0.6 is 0 Å². The van der Waals surface area contributed by atoms with E-state index in [9.17, 15) is 0 Å². The van der Waals surface area contributed by atoms with Crippen molar-refractivity contribution in [2.75, 3.05) is 0 Å². The van der Waals surface area contributed by atoms with Gasteiger partial charge in [0.2, 0.25) is 0 Å². The van der Waals surface area contributed by atoms with Gasteiger partial charge >= 0.3 is 0 Å². The van der Waals surface area contributed by atoms with E-state index in [2.05, 4.69) is 24.3 Å². The quantitative estimate of drug-likeness (QED) is 0.902. The van der Waals surface area contributed by atoms with Gasteiger partial charge in [0.25, 0.3) is 0 Å². The highest BCUT2D eigenvalue weighted by molar-refractivity contribution is 5.32. The number of rotatable bonds is 4. The van der Waals surface area contributed by atoms with Crippen molar-refractivity contribution in [3.63, 3.8) is 0 Å². The molecule has 1 aliphatic carbocycles. The zero-order chi connectivity index (χ0) is 14.5. The molecule has 3 rings (SSSR count). The summed E-state index contributed by atoms with van der Waals surface area (Å²) in [7, 11) is 0. The second-order valence-corrected chi connectivity index (χ2v) is 6.02. The minimum absolute atomic E-state index is 0.129. The third-order valence-electron chi connectivity index (χ3n) is 4.42. The lowest BCUT2D eigenvalue weighted by atomic mass is 9.77. The Morgan fingerprint density at radius 2 is 1.52 bits per heavy atom. The Morgan fingerprint density at radius 1 is 0.857 bits per heavy atom. The standard InChI is InChI=1S/C19H23NO/c20-19(13-5-2-6-14-19)17-9-11-18(12-10-17)21-15-16-7-3-1-4-8-16/h1,3-4,7-12H,2,5-6,13-15,20H2. The van der Waals surface area contributed by atoms with Gasteiger partial charge in [-0.2, -0.15) is 0 Å². The van der Waals surface area contributed by atoms with Gasteiger partial charge in [0.1, 0.15) is 12.4 Å². The highest BCUT2D eigenvalue weighted by Crippen LogP contribution is 2.35. The first-order valence-corrected chi connectivity index (χ1v) is 7.82. The van der Waals surface area contributed by atoms with Gasteiger partial charge in [-0.15, -0.1) is 0 Å². The highest BCUT2D eigenvalue weighted by atomic mass is 16.5. The lowest BCUT2D eigenvalue weighted by Gasteiger charge is -2.34. The van der Waals surface area contributed by atoms with Gasteiger partial charge in [0.05, 0.1) is 0 Å². The Morgan fingerprint density at radius 3 is 2.19 bits per heavy atom. The largest absolute Gasteiger partial charge is 0.489 e. The third kappa shape index (κ3) is 3.45. The van der Waals surface area contributed by atoms with Crippen molar-refractivity contribution < 1.29 is 4.74 Å². The first kappa shape index (κ1) is 14.2. The second kappa shape index (κ2) is 6.31. The molecule has 2 nitrogen and oxygen atoms in total. The Balaban J connectivity index is 1.64. The van der Waals surface area contributed by atoms with Crippen molar-refractivity contribution in [2.24, 2.45) is 5.73 Å². The molecule has 0 saturated heterocycles. The van der Waals surface area contributed by atoms with Crippen LogP contribution in [0.1, 0.15) is 43.2 Å². The fourth-order valence-electron chi connectivity index (χ4n) is 3.10. The molecule has 2 heteroatoms. The van der Waals surface area contributed by atoms with Crippen LogP contribution in [-0.4, -0.2) is 0 Å². The van der Waals surface area contributed by atoms with Crippen molar-refractivity contribution in [2.45, 2.75) is 44.2 Å². The summed E-state index contributed by atoms with van der Waals surface area (Å²) in [6.07, 6.45) is 5.98. The zero-order valence-corrected chi connectivity index (χ0v) is 12.4. The number of ether oxygens (including phenoxy) is 1. The average molecular weight is 281 g/mol. The molecule has 0 unspecified atom stereocenters. The summed E-state index contributed by atoms with van der Waals surface area (Å²) < 4.78 is 5.83. The maximum Gasteiger partial charge on any atom is 0.119 e. The van der Waals surface area contributed by atoms with E-state index in [0.29, 0.717) is 6.61 Å². The number of benzene rings is 2. The Bertz CT molecular complexity index is 556. The Kier molecular flexibility index (Phi) is 4.26. The first-order chi connectivity index (χ1) is 10.3. The molecule has 2 aromatic rings. The monoisotopic (exact) mass is 281 g/mol. The molecule has 21 heavy (non-hydrogen) atoms. The zero-order valence-electron chi connectivity index (χ0n) is 12.4. The summed E-state index contributed by atoms with van der Waals surface area (Å²) in [5, 5.41) is 0. The van der Waals surface area contributed by atoms with E-state index in [0.717, 1.165) is 18.6 Å². The molecule has 2 aromatic carbocycles. The van der Waals surface area contributed by atoms with E-state index < -0.39 is 0 Å². The minimum Gasteiger partial charge on any atom is -0.489 e. The second-order valence-electron chi connectivity index (χ2n) is 6.02. The molecule has 2 N–H and O–H groups in total. The number of hydrogen-bond donors (Lipinski definition) is 1. The SMILES string of the molecule is NC1(c2ccc(OCc3ccccc3)cc2)CCCCC1. The molecule has 1 aliphatic rings. The van der Waals surface area contributed by atoms with Crippen LogP contribution < -0.4 is 10.5 Å². The van der Waals surface area contributed by atoms with Crippen LogP contribution in [0.2, 0.25) is 0 Å². The molecule has 0 aliphatic heterocycles. The molecule has 0 atom stereocenters. The molecular weight excluding hydrogens is 258 g/mol. The number of hydrogen-bond acceptors (Lipinski definition) is 2. The fourth-order valence-corrected chi connectivity index (χ4v) is 3.10. The first-order valence-electron chi connectivity index (χ1n) is 7.82. The van der Waals surface area contributed by atoms with Gasteiger partial charge < -0.3 is 10.5 Å².